The highest BCUT2D eigenvalue weighted by molar-refractivity contribution is 5.18. The first-order valence-electron chi connectivity index (χ1n) is 6.39. The highest BCUT2D eigenvalue weighted by atomic mass is 16.6. The number of fused-ring (bicyclic) bond motifs is 2. The van der Waals surface area contributed by atoms with Crippen molar-refractivity contribution in [1.29, 1.82) is 0 Å². The lowest BCUT2D eigenvalue weighted by atomic mass is 9.82. The number of rotatable bonds is 2. The zero-order valence-corrected chi connectivity index (χ0v) is 9.02. The van der Waals surface area contributed by atoms with Gasteiger partial charge in [0.1, 0.15) is 6.10 Å². The van der Waals surface area contributed by atoms with Gasteiger partial charge in [0.25, 0.3) is 0 Å². The summed E-state index contributed by atoms with van der Waals surface area (Å²) in [6.45, 7) is 0. The average molecular weight is 206 g/mol. The molecule has 2 heteroatoms. The molecule has 4 aliphatic rings. The second kappa shape index (κ2) is 3.08. The van der Waals surface area contributed by atoms with Gasteiger partial charge >= 0.3 is 0 Å². The SMILES string of the molecule is C1=C(CC2CCC3OC3C2)CCC2OC12. The third-order valence-corrected chi connectivity index (χ3v) is 4.44. The molecule has 3 fully saturated rings. The van der Waals surface area contributed by atoms with Crippen LogP contribution < -0.4 is 0 Å². The highest BCUT2D eigenvalue weighted by Crippen LogP contribution is 2.43. The molecule has 0 amide bonds. The van der Waals surface area contributed by atoms with Crippen LogP contribution in [-0.2, 0) is 9.47 Å². The van der Waals surface area contributed by atoms with E-state index in [1.165, 1.54) is 38.5 Å². The van der Waals surface area contributed by atoms with Crippen molar-refractivity contribution in [2.45, 2.75) is 62.9 Å². The minimum atomic E-state index is 0.502. The number of hydrogen-bond donors (Lipinski definition) is 0. The Kier molecular flexibility index (Phi) is 1.80. The van der Waals surface area contributed by atoms with Crippen molar-refractivity contribution in [2.75, 3.05) is 0 Å². The summed E-state index contributed by atoms with van der Waals surface area (Å²) >= 11 is 0. The largest absolute Gasteiger partial charge is 0.370 e. The predicted molar refractivity (Wildman–Crippen MR) is 56.6 cm³/mol. The highest BCUT2D eigenvalue weighted by Gasteiger charge is 2.44. The summed E-state index contributed by atoms with van der Waals surface area (Å²) in [4.78, 5) is 0. The third-order valence-electron chi connectivity index (χ3n) is 4.44. The maximum absolute atomic E-state index is 5.58. The molecule has 0 bridgehead atoms. The first-order valence-corrected chi connectivity index (χ1v) is 6.39. The van der Waals surface area contributed by atoms with Gasteiger partial charge < -0.3 is 9.47 Å². The van der Waals surface area contributed by atoms with E-state index in [0.717, 1.165) is 5.92 Å². The third kappa shape index (κ3) is 1.64. The van der Waals surface area contributed by atoms with Gasteiger partial charge in [0, 0.05) is 0 Å². The van der Waals surface area contributed by atoms with Gasteiger partial charge in [0.05, 0.1) is 18.3 Å². The molecule has 0 aromatic carbocycles. The van der Waals surface area contributed by atoms with Crippen LogP contribution in [0.1, 0.15) is 38.5 Å². The minimum Gasteiger partial charge on any atom is -0.370 e. The van der Waals surface area contributed by atoms with Crippen molar-refractivity contribution in [3.05, 3.63) is 11.6 Å². The zero-order chi connectivity index (χ0) is 9.83. The first kappa shape index (κ1) is 8.77. The van der Waals surface area contributed by atoms with Crippen LogP contribution >= 0.6 is 0 Å². The van der Waals surface area contributed by atoms with Gasteiger partial charge in [-0.1, -0.05) is 11.6 Å². The summed E-state index contributed by atoms with van der Waals surface area (Å²) in [6.07, 6.45) is 12.7. The normalized spacial score (nSPS) is 51.5. The van der Waals surface area contributed by atoms with E-state index in [9.17, 15) is 0 Å². The fourth-order valence-electron chi connectivity index (χ4n) is 3.39. The Hall–Kier alpha value is -0.340. The van der Waals surface area contributed by atoms with Crippen LogP contribution in [0, 0.1) is 5.92 Å². The molecule has 82 valence electrons. The summed E-state index contributed by atoms with van der Waals surface area (Å²) < 4.78 is 11.1. The van der Waals surface area contributed by atoms with Crippen LogP contribution in [0.2, 0.25) is 0 Å². The van der Waals surface area contributed by atoms with E-state index in [1.807, 2.05) is 0 Å². The Morgan fingerprint density at radius 2 is 2.07 bits per heavy atom. The van der Waals surface area contributed by atoms with Crippen LogP contribution in [0.5, 0.6) is 0 Å². The van der Waals surface area contributed by atoms with Gasteiger partial charge in [-0.15, -0.1) is 0 Å². The van der Waals surface area contributed by atoms with Crippen molar-refractivity contribution >= 4 is 0 Å². The molecule has 0 spiro atoms. The van der Waals surface area contributed by atoms with E-state index >= 15 is 0 Å². The predicted octanol–water partition coefficient (Wildman–Crippen LogP) is 2.43. The Bertz CT molecular complexity index is 310. The van der Waals surface area contributed by atoms with Crippen molar-refractivity contribution < 1.29 is 9.47 Å². The standard InChI is InChI=1S/C13H18O2/c1-3-10-12(14-10)6-8(1)5-9-2-4-11-13(7-9)15-11/h6,9-13H,1-5,7H2. The molecule has 15 heavy (non-hydrogen) atoms. The molecule has 0 aromatic heterocycles. The fourth-order valence-corrected chi connectivity index (χ4v) is 3.39. The molecule has 5 atom stereocenters. The van der Waals surface area contributed by atoms with Crippen LogP contribution in [0.25, 0.3) is 0 Å². The van der Waals surface area contributed by atoms with Crippen LogP contribution in [-0.4, -0.2) is 24.4 Å². The molecular weight excluding hydrogens is 188 g/mol. The zero-order valence-electron chi connectivity index (χ0n) is 9.02. The Balaban J connectivity index is 1.38. The van der Waals surface area contributed by atoms with Crippen LogP contribution in [0.15, 0.2) is 11.6 Å². The lowest BCUT2D eigenvalue weighted by Gasteiger charge is -2.21. The van der Waals surface area contributed by atoms with E-state index in [4.69, 9.17) is 9.47 Å². The Morgan fingerprint density at radius 1 is 1.07 bits per heavy atom. The lowest BCUT2D eigenvalue weighted by Crippen LogP contribution is -2.15. The molecular formula is C13H18O2. The van der Waals surface area contributed by atoms with Gasteiger partial charge in [0.2, 0.25) is 0 Å². The number of allylic oxidation sites excluding steroid dienone is 1. The topological polar surface area (TPSA) is 25.1 Å². The summed E-state index contributed by atoms with van der Waals surface area (Å²) in [7, 11) is 0. The maximum Gasteiger partial charge on any atom is 0.103 e. The van der Waals surface area contributed by atoms with Crippen molar-refractivity contribution in [1.82, 2.24) is 0 Å². The van der Waals surface area contributed by atoms with Gasteiger partial charge in [-0.2, -0.15) is 0 Å². The van der Waals surface area contributed by atoms with Crippen LogP contribution in [0.3, 0.4) is 0 Å². The monoisotopic (exact) mass is 206 g/mol. The van der Waals surface area contributed by atoms with E-state index in [1.54, 1.807) is 5.57 Å². The molecule has 2 aliphatic carbocycles. The molecule has 0 N–H and O–H groups in total. The van der Waals surface area contributed by atoms with Gasteiger partial charge in [0.15, 0.2) is 0 Å². The van der Waals surface area contributed by atoms with Gasteiger partial charge in [-0.25, -0.2) is 0 Å². The number of epoxide rings is 2. The Morgan fingerprint density at radius 3 is 2.93 bits per heavy atom. The van der Waals surface area contributed by atoms with E-state index < -0.39 is 0 Å². The number of hydrogen-bond acceptors (Lipinski definition) is 2. The fraction of sp³-hybridized carbons (Fsp3) is 0.846. The van der Waals surface area contributed by atoms with Crippen molar-refractivity contribution in [3.63, 3.8) is 0 Å². The smallest absolute Gasteiger partial charge is 0.103 e. The maximum atomic E-state index is 5.58. The summed E-state index contributed by atoms with van der Waals surface area (Å²) in [5.41, 5.74) is 1.66. The Labute approximate surface area is 90.6 Å². The van der Waals surface area contributed by atoms with Crippen molar-refractivity contribution in [3.8, 4) is 0 Å². The summed E-state index contributed by atoms with van der Waals surface area (Å²) in [5, 5.41) is 0. The van der Waals surface area contributed by atoms with E-state index in [2.05, 4.69) is 6.08 Å². The van der Waals surface area contributed by atoms with E-state index in [0.29, 0.717) is 24.4 Å². The minimum absolute atomic E-state index is 0.502. The van der Waals surface area contributed by atoms with E-state index in [-0.39, 0.29) is 0 Å². The molecule has 2 saturated heterocycles. The molecule has 2 nitrogen and oxygen atoms in total. The summed E-state index contributed by atoms with van der Waals surface area (Å²) in [5.74, 6) is 0.898. The summed E-state index contributed by atoms with van der Waals surface area (Å²) in [6, 6.07) is 0. The van der Waals surface area contributed by atoms with Crippen LogP contribution in [0.4, 0.5) is 0 Å². The van der Waals surface area contributed by atoms with Gasteiger partial charge in [-0.05, 0) is 44.4 Å². The average Bonchev–Trinajstić information content (AvgIpc) is 3.11. The molecule has 2 heterocycles. The number of ether oxygens (including phenoxy) is 2. The van der Waals surface area contributed by atoms with Crippen molar-refractivity contribution in [2.24, 2.45) is 5.92 Å². The quantitative estimate of drug-likeness (QED) is 0.512. The molecule has 2 aliphatic heterocycles. The molecule has 0 aromatic rings. The van der Waals surface area contributed by atoms with Gasteiger partial charge in [-0.3, -0.25) is 0 Å². The molecule has 1 saturated carbocycles. The molecule has 0 radical (unpaired) electrons. The second-order valence-electron chi connectivity index (χ2n) is 5.60. The lowest BCUT2D eigenvalue weighted by molar-refractivity contribution is 0.358. The molecule has 5 unspecified atom stereocenters. The molecule has 4 rings (SSSR count). The first-order chi connectivity index (χ1) is 7.38. The second-order valence-corrected chi connectivity index (χ2v) is 5.60.